The molecule has 0 unspecified atom stereocenters. The number of nitrogens with zero attached hydrogens (tertiary/aromatic N) is 2. The Morgan fingerprint density at radius 2 is 1.64 bits per heavy atom. The van der Waals surface area contributed by atoms with Gasteiger partial charge in [0.1, 0.15) is 18.4 Å². The van der Waals surface area contributed by atoms with Gasteiger partial charge in [0.2, 0.25) is 21.8 Å². The molecule has 1 aliphatic carbocycles. The van der Waals surface area contributed by atoms with Crippen LogP contribution in [0.4, 0.5) is 10.1 Å². The molecule has 1 saturated carbocycles. The van der Waals surface area contributed by atoms with Crippen LogP contribution in [0, 0.1) is 5.82 Å². The van der Waals surface area contributed by atoms with Crippen molar-refractivity contribution in [3.63, 3.8) is 0 Å². The van der Waals surface area contributed by atoms with Gasteiger partial charge in [-0.15, -0.1) is 0 Å². The second-order valence-electron chi connectivity index (χ2n) is 10.5. The van der Waals surface area contributed by atoms with E-state index in [1.54, 1.807) is 12.1 Å². The van der Waals surface area contributed by atoms with Crippen LogP contribution in [0.1, 0.15) is 43.2 Å². The van der Waals surface area contributed by atoms with E-state index < -0.39 is 34.3 Å². The predicted molar refractivity (Wildman–Crippen MR) is 165 cm³/mol. The van der Waals surface area contributed by atoms with Crippen LogP contribution in [0.15, 0.2) is 72.8 Å². The lowest BCUT2D eigenvalue weighted by Crippen LogP contribution is -2.55. The summed E-state index contributed by atoms with van der Waals surface area (Å²) >= 11 is 12.4. The quantitative estimate of drug-likeness (QED) is 0.281. The van der Waals surface area contributed by atoms with Crippen LogP contribution in [-0.4, -0.2) is 50.0 Å². The van der Waals surface area contributed by atoms with Crippen LogP contribution < -0.4 is 9.62 Å². The zero-order chi connectivity index (χ0) is 30.3. The minimum atomic E-state index is -4.01. The Morgan fingerprint density at radius 3 is 2.29 bits per heavy atom. The van der Waals surface area contributed by atoms with Crippen LogP contribution in [0.3, 0.4) is 0 Å². The fourth-order valence-corrected chi connectivity index (χ4v) is 6.61. The first-order valence-electron chi connectivity index (χ1n) is 13.8. The van der Waals surface area contributed by atoms with E-state index in [1.807, 2.05) is 30.3 Å². The summed E-state index contributed by atoms with van der Waals surface area (Å²) in [5.41, 5.74) is 1.06. The van der Waals surface area contributed by atoms with E-state index >= 15 is 0 Å². The number of rotatable bonds is 11. The van der Waals surface area contributed by atoms with Gasteiger partial charge in [-0.05, 0) is 42.7 Å². The molecular formula is C31H34Cl2FN3O4S. The van der Waals surface area contributed by atoms with Gasteiger partial charge in [-0.2, -0.15) is 0 Å². The number of hydrogen-bond donors (Lipinski definition) is 1. The van der Waals surface area contributed by atoms with Gasteiger partial charge in [0.25, 0.3) is 0 Å². The molecule has 4 rings (SSSR count). The highest BCUT2D eigenvalue weighted by Gasteiger charge is 2.34. The summed E-state index contributed by atoms with van der Waals surface area (Å²) < 4.78 is 41.6. The molecule has 3 aromatic carbocycles. The maximum absolute atomic E-state index is 14.9. The molecule has 2 amide bonds. The molecule has 11 heteroatoms. The summed E-state index contributed by atoms with van der Waals surface area (Å²) in [4.78, 5) is 29.3. The Morgan fingerprint density at radius 1 is 0.976 bits per heavy atom. The zero-order valence-electron chi connectivity index (χ0n) is 23.3. The lowest BCUT2D eigenvalue weighted by Gasteiger charge is -2.35. The molecule has 1 fully saturated rings. The van der Waals surface area contributed by atoms with Gasteiger partial charge >= 0.3 is 0 Å². The summed E-state index contributed by atoms with van der Waals surface area (Å²) in [7, 11) is -4.01. The first-order chi connectivity index (χ1) is 20.0. The van der Waals surface area contributed by atoms with Crippen molar-refractivity contribution in [3.8, 4) is 0 Å². The van der Waals surface area contributed by atoms with E-state index in [-0.39, 0.29) is 41.2 Å². The Labute approximate surface area is 256 Å². The number of anilines is 1. The maximum atomic E-state index is 14.9. The van der Waals surface area contributed by atoms with Crippen molar-refractivity contribution in [1.82, 2.24) is 10.2 Å². The topological polar surface area (TPSA) is 86.8 Å². The normalized spacial score (nSPS) is 14.7. The average Bonchev–Trinajstić information content (AvgIpc) is 2.95. The third-order valence-corrected chi connectivity index (χ3v) is 9.04. The number of carbonyl (C=O) groups excluding carboxylic acids is 2. The van der Waals surface area contributed by atoms with Crippen LogP contribution in [0.5, 0.6) is 0 Å². The van der Waals surface area contributed by atoms with Gasteiger partial charge in [-0.25, -0.2) is 12.8 Å². The molecule has 0 spiro atoms. The molecule has 0 aliphatic heterocycles. The number of carbonyl (C=O) groups is 2. The Hall–Kier alpha value is -3.14. The number of nitrogens with one attached hydrogen (secondary N) is 1. The standard InChI is InChI=1S/C31H34Cl2FN3O4S/c1-42(40,41)37(28-17-16-24(32)19-26(28)33)21-30(38)36(20-23-12-8-9-15-27(23)34)29(18-22-10-4-2-5-11-22)31(39)35-25-13-6-3-7-14-25/h2,4-5,8-12,15-17,19,25,29H,3,6-7,13-14,18,20-21H2,1H3,(H,35,39)/t29-/m1/s1. The number of sulfonamides is 1. The van der Waals surface area contributed by atoms with E-state index in [9.17, 15) is 22.4 Å². The zero-order valence-corrected chi connectivity index (χ0v) is 25.6. The molecule has 1 aliphatic rings. The fraction of sp³-hybridized carbons (Fsp3) is 0.355. The highest BCUT2D eigenvalue weighted by Crippen LogP contribution is 2.31. The predicted octanol–water partition coefficient (Wildman–Crippen LogP) is 5.99. The fourth-order valence-electron chi connectivity index (χ4n) is 5.19. The maximum Gasteiger partial charge on any atom is 0.244 e. The van der Waals surface area contributed by atoms with E-state index in [2.05, 4.69) is 5.32 Å². The van der Waals surface area contributed by atoms with Crippen molar-refractivity contribution < 1.29 is 22.4 Å². The molecule has 0 saturated heterocycles. The van der Waals surface area contributed by atoms with Crippen LogP contribution in [0.25, 0.3) is 0 Å². The molecule has 42 heavy (non-hydrogen) atoms. The molecule has 0 radical (unpaired) electrons. The first kappa shape index (κ1) is 31.8. The molecular weight excluding hydrogens is 600 g/mol. The lowest BCUT2D eigenvalue weighted by atomic mass is 9.94. The van der Waals surface area contributed by atoms with E-state index in [1.165, 1.54) is 35.2 Å². The van der Waals surface area contributed by atoms with Crippen molar-refractivity contribution in [2.75, 3.05) is 17.1 Å². The summed E-state index contributed by atoms with van der Waals surface area (Å²) in [6.45, 7) is -0.899. The monoisotopic (exact) mass is 633 g/mol. The Bertz CT molecular complexity index is 1500. The minimum Gasteiger partial charge on any atom is -0.352 e. The molecule has 1 atom stereocenters. The van der Waals surface area contributed by atoms with Crippen LogP contribution in [-0.2, 0) is 32.6 Å². The van der Waals surface area contributed by atoms with Gasteiger partial charge in [0.05, 0.1) is 17.0 Å². The second kappa shape index (κ2) is 14.4. The van der Waals surface area contributed by atoms with Crippen molar-refractivity contribution in [3.05, 3.63) is 99.8 Å². The van der Waals surface area contributed by atoms with Gasteiger partial charge in [0.15, 0.2) is 0 Å². The third-order valence-electron chi connectivity index (χ3n) is 7.38. The molecule has 3 aromatic rings. The SMILES string of the molecule is CS(=O)(=O)N(CC(=O)N(Cc1ccccc1F)[C@H](Cc1ccccc1)C(=O)NC1CCCCC1)c1ccc(Cl)cc1Cl. The number of halogens is 3. The van der Waals surface area contributed by atoms with E-state index in [0.29, 0.717) is 5.02 Å². The smallest absolute Gasteiger partial charge is 0.244 e. The average molecular weight is 635 g/mol. The summed E-state index contributed by atoms with van der Waals surface area (Å²) in [5, 5.41) is 3.45. The van der Waals surface area contributed by atoms with E-state index in [0.717, 1.165) is 48.2 Å². The van der Waals surface area contributed by atoms with Gasteiger partial charge in [0, 0.05) is 29.6 Å². The largest absolute Gasteiger partial charge is 0.352 e. The van der Waals surface area contributed by atoms with Crippen molar-refractivity contribution in [1.29, 1.82) is 0 Å². The highest BCUT2D eigenvalue weighted by molar-refractivity contribution is 7.92. The molecule has 7 nitrogen and oxygen atoms in total. The van der Waals surface area contributed by atoms with Crippen LogP contribution in [0.2, 0.25) is 10.0 Å². The van der Waals surface area contributed by atoms with Crippen molar-refractivity contribution >= 4 is 50.7 Å². The molecule has 0 heterocycles. The lowest BCUT2D eigenvalue weighted by molar-refractivity contribution is -0.140. The molecule has 0 aromatic heterocycles. The number of benzene rings is 3. The third kappa shape index (κ3) is 8.46. The van der Waals surface area contributed by atoms with Gasteiger partial charge in [-0.3, -0.25) is 13.9 Å². The molecule has 0 bridgehead atoms. The van der Waals surface area contributed by atoms with E-state index in [4.69, 9.17) is 23.2 Å². The summed E-state index contributed by atoms with van der Waals surface area (Å²) in [5.74, 6) is -1.59. The first-order valence-corrected chi connectivity index (χ1v) is 16.4. The molecule has 1 N–H and O–H groups in total. The second-order valence-corrected chi connectivity index (χ2v) is 13.3. The van der Waals surface area contributed by atoms with Gasteiger partial charge < -0.3 is 10.2 Å². The van der Waals surface area contributed by atoms with Crippen molar-refractivity contribution in [2.24, 2.45) is 0 Å². The van der Waals surface area contributed by atoms with Gasteiger partial charge in [-0.1, -0.05) is 91.0 Å². The number of hydrogen-bond acceptors (Lipinski definition) is 4. The summed E-state index contributed by atoms with van der Waals surface area (Å²) in [6, 6.07) is 18.4. The van der Waals surface area contributed by atoms with Crippen molar-refractivity contribution in [2.45, 2.75) is 57.2 Å². The Balaban J connectivity index is 1.74. The van der Waals surface area contributed by atoms with Crippen LogP contribution >= 0.6 is 23.2 Å². The molecule has 224 valence electrons. The Kier molecular flexibility index (Phi) is 10.9. The highest BCUT2D eigenvalue weighted by atomic mass is 35.5. The minimum absolute atomic E-state index is 0.0321. The number of amides is 2. The summed E-state index contributed by atoms with van der Waals surface area (Å²) in [6.07, 6.45) is 5.88.